The highest BCUT2D eigenvalue weighted by Crippen LogP contribution is 2.26. The first-order chi connectivity index (χ1) is 9.04. The van der Waals surface area contributed by atoms with Gasteiger partial charge in [-0.2, -0.15) is 0 Å². The van der Waals surface area contributed by atoms with Crippen LogP contribution in [0.3, 0.4) is 0 Å². The molecule has 2 N–H and O–H groups in total. The molecule has 0 unspecified atom stereocenters. The molecule has 0 saturated carbocycles. The molecule has 0 amide bonds. The molecule has 2 aromatic rings. The predicted octanol–water partition coefficient (Wildman–Crippen LogP) is 2.70. The zero-order valence-electron chi connectivity index (χ0n) is 9.98. The van der Waals surface area contributed by atoms with Gasteiger partial charge in [0.05, 0.1) is 17.8 Å². The largest absolute Gasteiger partial charge is 0.496 e. The number of rotatable bonds is 3. The summed E-state index contributed by atoms with van der Waals surface area (Å²) in [5.74, 6) is -1.22. The van der Waals surface area contributed by atoms with Crippen LogP contribution in [0.4, 0.5) is 10.1 Å². The number of carbonyl (C=O) groups excluding carboxylic acids is 1. The summed E-state index contributed by atoms with van der Waals surface area (Å²) in [5.41, 5.74) is 5.49. The molecule has 1 heterocycles. The van der Waals surface area contributed by atoms with Gasteiger partial charge in [-0.05, 0) is 18.2 Å². The van der Waals surface area contributed by atoms with Crippen molar-refractivity contribution in [3.8, 4) is 5.75 Å². The minimum Gasteiger partial charge on any atom is -0.496 e. The van der Waals surface area contributed by atoms with E-state index >= 15 is 0 Å². The number of aromatic nitrogens is 1. The highest BCUT2D eigenvalue weighted by Gasteiger charge is 2.22. The molecule has 0 bridgehead atoms. The van der Waals surface area contributed by atoms with Gasteiger partial charge in [0.25, 0.3) is 0 Å². The summed E-state index contributed by atoms with van der Waals surface area (Å²) in [6.45, 7) is 0. The molecule has 0 aliphatic carbocycles. The van der Waals surface area contributed by atoms with E-state index in [4.69, 9.17) is 22.1 Å². The Bertz CT molecular complexity index is 647. The third kappa shape index (κ3) is 2.51. The van der Waals surface area contributed by atoms with Crippen molar-refractivity contribution in [2.75, 3.05) is 12.8 Å². The second-order valence-electron chi connectivity index (χ2n) is 3.74. The maximum atomic E-state index is 13.8. The van der Waals surface area contributed by atoms with E-state index in [2.05, 4.69) is 4.98 Å². The van der Waals surface area contributed by atoms with Gasteiger partial charge in [0, 0.05) is 6.20 Å². The van der Waals surface area contributed by atoms with Crippen molar-refractivity contribution in [2.45, 2.75) is 0 Å². The number of ether oxygens (including phenoxy) is 1. The fourth-order valence-corrected chi connectivity index (χ4v) is 1.82. The molecule has 0 spiro atoms. The van der Waals surface area contributed by atoms with Crippen LogP contribution in [-0.4, -0.2) is 17.9 Å². The van der Waals surface area contributed by atoms with Gasteiger partial charge >= 0.3 is 0 Å². The van der Waals surface area contributed by atoms with E-state index in [1.165, 1.54) is 37.6 Å². The minimum atomic E-state index is -0.694. The first kappa shape index (κ1) is 13.3. The Kier molecular flexibility index (Phi) is 3.66. The maximum Gasteiger partial charge on any atom is 0.220 e. The first-order valence-corrected chi connectivity index (χ1v) is 5.70. The fourth-order valence-electron chi connectivity index (χ4n) is 1.66. The predicted molar refractivity (Wildman–Crippen MR) is 70.0 cm³/mol. The van der Waals surface area contributed by atoms with E-state index in [1.807, 2.05) is 0 Å². The number of benzene rings is 1. The lowest BCUT2D eigenvalue weighted by Gasteiger charge is -2.09. The monoisotopic (exact) mass is 280 g/mol. The Morgan fingerprint density at radius 1 is 1.47 bits per heavy atom. The van der Waals surface area contributed by atoms with Gasteiger partial charge < -0.3 is 10.5 Å². The lowest BCUT2D eigenvalue weighted by atomic mass is 10.0. The third-order valence-electron chi connectivity index (χ3n) is 2.52. The van der Waals surface area contributed by atoms with Crippen molar-refractivity contribution in [2.24, 2.45) is 0 Å². The second kappa shape index (κ2) is 5.24. The summed E-state index contributed by atoms with van der Waals surface area (Å²) in [5, 5.41) is 0.301. The molecule has 98 valence electrons. The van der Waals surface area contributed by atoms with Crippen molar-refractivity contribution in [1.29, 1.82) is 0 Å². The molecule has 1 aromatic heterocycles. The van der Waals surface area contributed by atoms with Gasteiger partial charge in [-0.1, -0.05) is 17.7 Å². The van der Waals surface area contributed by atoms with Gasteiger partial charge in [0.15, 0.2) is 0 Å². The van der Waals surface area contributed by atoms with Gasteiger partial charge in [0.2, 0.25) is 5.78 Å². The molecule has 0 radical (unpaired) electrons. The summed E-state index contributed by atoms with van der Waals surface area (Å²) in [6.07, 6.45) is 1.28. The van der Waals surface area contributed by atoms with Gasteiger partial charge in [-0.15, -0.1) is 0 Å². The molecule has 0 atom stereocenters. The Labute approximate surface area is 114 Å². The molecule has 0 aliphatic rings. The number of methoxy groups -OCH3 is 1. The summed E-state index contributed by atoms with van der Waals surface area (Å²) >= 11 is 5.70. The lowest BCUT2D eigenvalue weighted by Crippen LogP contribution is -2.11. The topological polar surface area (TPSA) is 65.2 Å². The SMILES string of the molecule is COc1cccc(F)c1C(=O)c1ncc(Cl)cc1N. The van der Waals surface area contributed by atoms with Crippen molar-refractivity contribution in [3.63, 3.8) is 0 Å². The van der Waals surface area contributed by atoms with E-state index < -0.39 is 11.6 Å². The van der Waals surface area contributed by atoms with Crippen LogP contribution in [0.1, 0.15) is 16.1 Å². The average molecular weight is 281 g/mol. The highest BCUT2D eigenvalue weighted by molar-refractivity contribution is 6.31. The van der Waals surface area contributed by atoms with E-state index in [0.717, 1.165) is 0 Å². The number of carbonyl (C=O) groups is 1. The zero-order valence-corrected chi connectivity index (χ0v) is 10.7. The van der Waals surface area contributed by atoms with E-state index in [9.17, 15) is 9.18 Å². The lowest BCUT2D eigenvalue weighted by molar-refractivity contribution is 0.102. The fraction of sp³-hybridized carbons (Fsp3) is 0.0769. The molecule has 0 saturated heterocycles. The molecular formula is C13H10ClFN2O2. The quantitative estimate of drug-likeness (QED) is 0.878. The highest BCUT2D eigenvalue weighted by atomic mass is 35.5. The minimum absolute atomic E-state index is 0.0622. The van der Waals surface area contributed by atoms with Crippen LogP contribution in [0.15, 0.2) is 30.5 Å². The molecule has 4 nitrogen and oxygen atoms in total. The molecule has 2 rings (SSSR count). The van der Waals surface area contributed by atoms with Crippen LogP contribution in [-0.2, 0) is 0 Å². The van der Waals surface area contributed by atoms with Crippen LogP contribution in [0.2, 0.25) is 5.02 Å². The number of nitrogen functional groups attached to an aromatic ring is 1. The van der Waals surface area contributed by atoms with Crippen molar-refractivity contribution in [1.82, 2.24) is 4.98 Å². The molecular weight excluding hydrogens is 271 g/mol. The first-order valence-electron chi connectivity index (χ1n) is 5.32. The van der Waals surface area contributed by atoms with Crippen LogP contribution in [0.5, 0.6) is 5.75 Å². The Morgan fingerprint density at radius 3 is 2.84 bits per heavy atom. The maximum absolute atomic E-state index is 13.8. The second-order valence-corrected chi connectivity index (χ2v) is 4.17. The van der Waals surface area contributed by atoms with Gasteiger partial charge in [0.1, 0.15) is 22.8 Å². The molecule has 1 aromatic carbocycles. The molecule has 19 heavy (non-hydrogen) atoms. The number of nitrogens with zero attached hydrogens (tertiary/aromatic N) is 1. The van der Waals surface area contributed by atoms with Crippen LogP contribution in [0, 0.1) is 5.82 Å². The van der Waals surface area contributed by atoms with Crippen LogP contribution >= 0.6 is 11.6 Å². The number of hydrogen-bond donors (Lipinski definition) is 1. The number of anilines is 1. The number of ketones is 1. The smallest absolute Gasteiger partial charge is 0.220 e. The Hall–Kier alpha value is -2.14. The van der Waals surface area contributed by atoms with Crippen LogP contribution in [0.25, 0.3) is 0 Å². The number of nitrogens with two attached hydrogens (primary N) is 1. The summed E-state index contributed by atoms with van der Waals surface area (Å²) in [4.78, 5) is 16.1. The van der Waals surface area contributed by atoms with Crippen LogP contribution < -0.4 is 10.5 Å². The van der Waals surface area contributed by atoms with Crippen molar-refractivity contribution in [3.05, 3.63) is 52.6 Å². The molecule has 0 fully saturated rings. The average Bonchev–Trinajstić information content (AvgIpc) is 2.37. The Morgan fingerprint density at radius 2 is 2.21 bits per heavy atom. The summed E-state index contributed by atoms with van der Waals surface area (Å²) < 4.78 is 18.8. The summed E-state index contributed by atoms with van der Waals surface area (Å²) in [6, 6.07) is 5.49. The van der Waals surface area contributed by atoms with Crippen molar-refractivity contribution >= 4 is 23.1 Å². The number of halogens is 2. The van der Waals surface area contributed by atoms with Crippen molar-refractivity contribution < 1.29 is 13.9 Å². The van der Waals surface area contributed by atoms with Gasteiger partial charge in [-0.25, -0.2) is 9.37 Å². The third-order valence-corrected chi connectivity index (χ3v) is 2.73. The van der Waals surface area contributed by atoms with E-state index in [1.54, 1.807) is 0 Å². The van der Waals surface area contributed by atoms with E-state index in [-0.39, 0.29) is 22.7 Å². The number of hydrogen-bond acceptors (Lipinski definition) is 4. The zero-order chi connectivity index (χ0) is 14.0. The van der Waals surface area contributed by atoms with Gasteiger partial charge in [-0.3, -0.25) is 4.79 Å². The molecule has 6 heteroatoms. The number of pyridine rings is 1. The van der Waals surface area contributed by atoms with E-state index in [0.29, 0.717) is 5.02 Å². The Balaban J connectivity index is 2.56. The standard InChI is InChI=1S/C13H10ClFN2O2/c1-19-10-4-2-3-8(15)11(10)13(18)12-9(16)5-7(14)6-17-12/h2-6H,16H2,1H3. The molecule has 0 aliphatic heterocycles. The summed E-state index contributed by atoms with van der Waals surface area (Å²) in [7, 11) is 1.35. The normalized spacial score (nSPS) is 10.3.